The molecule has 5 rings (SSSR count). The standard InChI is InChI=1S/C43H72N2O33/c1-11-23(58)28(63)29(64)39(69-11)74-33-20(10-51)72-38(76-36-26(61)18(8-49)70-40(30(36)65)73-32(17(57)7-48)24(59)15(55)5-46)22(45-13(3)53)35(33)75-41-31(66)37(27(62)19(9-50)71-41)78-43(42(67)68)4-14(54)21(44-12(2)52)34(77-43)25(60)16(56)6-47/h5,11,14-41,47-51,54-66H,4,6-10H2,1-3H3,(H,44,52)(H,45,53)(H,67,68)/t11-,14-,15-,16+,17+,18+,19+,20+,21+,22+,23+,24+,25+,26-,27-,28+,29-,30+,31+,32+,33+,34+,35?,36-,37?,38-,39-,40-,41-,43-/m0/s1. The average molecular weight is 1150 g/mol. The van der Waals surface area contributed by atoms with Crippen LogP contribution >= 0.6 is 0 Å². The molecule has 0 aromatic carbocycles. The van der Waals surface area contributed by atoms with Gasteiger partial charge in [0, 0.05) is 20.3 Å². The van der Waals surface area contributed by atoms with Crippen molar-refractivity contribution in [2.24, 2.45) is 0 Å². The number of ether oxygens (including phenoxy) is 10. The molecule has 5 saturated heterocycles. The number of aldehydes is 1. The summed E-state index contributed by atoms with van der Waals surface area (Å²) >= 11 is 0. The smallest absolute Gasteiger partial charge is 0.364 e. The second-order valence-corrected chi connectivity index (χ2v) is 19.3. The van der Waals surface area contributed by atoms with Gasteiger partial charge >= 0.3 is 5.97 Å². The fourth-order valence-electron chi connectivity index (χ4n) is 9.50. The number of hydrogen-bond acceptors (Lipinski definition) is 32. The number of carbonyl (C=O) groups is 4. The van der Waals surface area contributed by atoms with Crippen molar-refractivity contribution in [1.29, 1.82) is 0 Å². The Morgan fingerprint density at radius 2 is 1.10 bits per heavy atom. The van der Waals surface area contributed by atoms with Crippen molar-refractivity contribution in [2.45, 2.75) is 211 Å². The minimum absolute atomic E-state index is 0.168. The lowest BCUT2D eigenvalue weighted by atomic mass is 9.88. The van der Waals surface area contributed by atoms with Crippen LogP contribution in [0, 0.1) is 0 Å². The topological polar surface area (TPSA) is 569 Å². The largest absolute Gasteiger partial charge is 0.477 e. The SMILES string of the molecule is CC(=O)N[C@H]1[C@H]([C@H](O)[C@H](O)CO)O[C@@](OC2[C@@H](O)[C@H](OC3[C@@H](NC(C)=O)[C@H](O[C@H]4[C@@H](O)[C@@H](CO)O[C@@H](O[C@@H]([C@H](O)[C@@H](O)C=O)[C@H](O)CO)[C@@H]4O)O[C@H](CO)[C@H]3O[C@@H]3O[C@@H](C)[C@@H](O)[C@@H](O)[C@@H]3O)O[C@H](CO)[C@@H]2O)(C(=O)O)C[C@@H]1O. The number of aliphatic carboxylic acids is 1. The highest BCUT2D eigenvalue weighted by Crippen LogP contribution is 2.40. The van der Waals surface area contributed by atoms with E-state index in [0.717, 1.165) is 13.8 Å². The van der Waals surface area contributed by atoms with Gasteiger partial charge in [-0.15, -0.1) is 0 Å². The van der Waals surface area contributed by atoms with Crippen LogP contribution in [0.2, 0.25) is 0 Å². The first-order valence-electron chi connectivity index (χ1n) is 24.4. The summed E-state index contributed by atoms with van der Waals surface area (Å²) in [6, 6.07) is -3.75. The maximum atomic E-state index is 13.2. The molecule has 2 amide bonds. The van der Waals surface area contributed by atoms with Crippen molar-refractivity contribution >= 4 is 24.1 Å². The highest BCUT2D eigenvalue weighted by Gasteiger charge is 2.62. The lowest BCUT2D eigenvalue weighted by Gasteiger charge is -2.52. The fourth-order valence-corrected chi connectivity index (χ4v) is 9.50. The molecule has 0 saturated carbocycles. The zero-order valence-electron chi connectivity index (χ0n) is 41.8. The van der Waals surface area contributed by atoms with Crippen molar-refractivity contribution < 1.29 is 164 Å². The molecule has 5 aliphatic rings. The maximum absolute atomic E-state index is 13.2. The van der Waals surface area contributed by atoms with E-state index in [1.165, 1.54) is 6.92 Å². The van der Waals surface area contributed by atoms with E-state index in [1.54, 1.807) is 0 Å². The van der Waals surface area contributed by atoms with Crippen LogP contribution < -0.4 is 10.6 Å². The monoisotopic (exact) mass is 1140 g/mol. The third-order valence-electron chi connectivity index (χ3n) is 13.7. The van der Waals surface area contributed by atoms with Crippen LogP contribution in [0.3, 0.4) is 0 Å². The lowest BCUT2D eigenvalue weighted by molar-refractivity contribution is -0.397. The Kier molecular flexibility index (Phi) is 23.9. The summed E-state index contributed by atoms with van der Waals surface area (Å²) in [7, 11) is 0. The lowest BCUT2D eigenvalue weighted by Crippen LogP contribution is -2.72. The molecule has 35 nitrogen and oxygen atoms in total. The Balaban J connectivity index is 1.60. The number of carbonyl (C=O) groups excluding carboxylic acids is 3. The van der Waals surface area contributed by atoms with Crippen LogP contribution in [-0.4, -0.2) is 338 Å². The minimum Gasteiger partial charge on any atom is -0.477 e. The van der Waals surface area contributed by atoms with E-state index in [2.05, 4.69) is 10.6 Å². The number of carboxylic acid groups (broad SMARTS) is 1. The Morgan fingerprint density at radius 3 is 1.64 bits per heavy atom. The maximum Gasteiger partial charge on any atom is 0.364 e. The van der Waals surface area contributed by atoms with Crippen molar-refractivity contribution in [1.82, 2.24) is 10.6 Å². The number of rotatable bonds is 24. The number of hydrogen-bond donors (Lipinski definition) is 21. The van der Waals surface area contributed by atoms with Crippen molar-refractivity contribution in [3.63, 3.8) is 0 Å². The molecule has 0 bridgehead atoms. The van der Waals surface area contributed by atoms with Crippen LogP contribution in [0.4, 0.5) is 0 Å². The molecular weight excluding hydrogens is 1070 g/mol. The number of amides is 2. The zero-order chi connectivity index (χ0) is 58.4. The summed E-state index contributed by atoms with van der Waals surface area (Å²) in [5.74, 6) is -7.28. The van der Waals surface area contributed by atoms with Crippen LogP contribution in [-0.2, 0) is 66.5 Å². The summed E-state index contributed by atoms with van der Waals surface area (Å²) in [5.41, 5.74) is 0. The number of nitrogens with one attached hydrogen (secondary N) is 2. The molecule has 0 aromatic heterocycles. The van der Waals surface area contributed by atoms with Gasteiger partial charge in [-0.05, 0) is 6.92 Å². The molecule has 21 N–H and O–H groups in total. The summed E-state index contributed by atoms with van der Waals surface area (Å²) in [6.07, 6.45) is -58.7. The van der Waals surface area contributed by atoms with Gasteiger partial charge in [-0.3, -0.25) is 9.59 Å². The predicted octanol–water partition coefficient (Wildman–Crippen LogP) is -13.7. The Labute approximate surface area is 441 Å². The summed E-state index contributed by atoms with van der Waals surface area (Å²) in [5, 5.41) is 209. The fraction of sp³-hybridized carbons (Fsp3) is 0.907. The first kappa shape index (κ1) is 65.8. The second kappa shape index (κ2) is 28.3. The van der Waals surface area contributed by atoms with Crippen molar-refractivity contribution in [2.75, 3.05) is 33.0 Å². The van der Waals surface area contributed by atoms with Crippen LogP contribution in [0.25, 0.3) is 0 Å². The molecule has 452 valence electrons. The molecule has 0 radical (unpaired) electrons. The number of carboxylic acids is 1. The third-order valence-corrected chi connectivity index (χ3v) is 13.7. The molecule has 30 atom stereocenters. The van der Waals surface area contributed by atoms with E-state index < -0.39 is 241 Å². The molecule has 0 spiro atoms. The first-order valence-corrected chi connectivity index (χ1v) is 24.4. The molecule has 0 aromatic rings. The quantitative estimate of drug-likeness (QED) is 0.0399. The van der Waals surface area contributed by atoms with Gasteiger partial charge in [0.1, 0.15) is 134 Å². The van der Waals surface area contributed by atoms with E-state index in [0.29, 0.717) is 0 Å². The van der Waals surface area contributed by atoms with Crippen molar-refractivity contribution in [3.8, 4) is 0 Å². The Hall–Kier alpha value is -3.04. The van der Waals surface area contributed by atoms with Gasteiger partial charge in [0.25, 0.3) is 5.79 Å². The van der Waals surface area contributed by atoms with Gasteiger partial charge in [0.2, 0.25) is 11.8 Å². The minimum atomic E-state index is -3.29. The summed E-state index contributed by atoms with van der Waals surface area (Å²) in [6.45, 7) is -2.76. The molecule has 78 heavy (non-hydrogen) atoms. The van der Waals surface area contributed by atoms with Crippen LogP contribution in [0.1, 0.15) is 27.2 Å². The van der Waals surface area contributed by atoms with E-state index >= 15 is 0 Å². The molecule has 2 unspecified atom stereocenters. The molecule has 5 fully saturated rings. The van der Waals surface area contributed by atoms with E-state index in [1.807, 2.05) is 0 Å². The Morgan fingerprint density at radius 1 is 0.603 bits per heavy atom. The first-order chi connectivity index (χ1) is 36.6. The molecule has 5 aliphatic heterocycles. The number of aliphatic hydroxyl groups excluding tert-OH is 18. The zero-order valence-corrected chi connectivity index (χ0v) is 41.8. The summed E-state index contributed by atoms with van der Waals surface area (Å²) < 4.78 is 58.1. The van der Waals surface area contributed by atoms with Gasteiger partial charge in [0.05, 0.1) is 51.3 Å². The van der Waals surface area contributed by atoms with Gasteiger partial charge in [-0.2, -0.15) is 0 Å². The van der Waals surface area contributed by atoms with Gasteiger partial charge in [-0.1, -0.05) is 0 Å². The third kappa shape index (κ3) is 14.4. The summed E-state index contributed by atoms with van der Waals surface area (Å²) in [4.78, 5) is 49.8. The molecule has 35 heteroatoms. The van der Waals surface area contributed by atoms with Gasteiger partial charge in [0.15, 0.2) is 31.4 Å². The van der Waals surface area contributed by atoms with Crippen LogP contribution in [0.15, 0.2) is 0 Å². The van der Waals surface area contributed by atoms with Crippen molar-refractivity contribution in [3.05, 3.63) is 0 Å². The Bertz CT molecular complexity index is 1930. The molecule has 5 heterocycles. The predicted molar refractivity (Wildman–Crippen MR) is 239 cm³/mol. The normalized spacial score (nSPS) is 43.8. The van der Waals surface area contributed by atoms with Crippen LogP contribution in [0.5, 0.6) is 0 Å². The highest BCUT2D eigenvalue weighted by molar-refractivity contribution is 5.76. The van der Waals surface area contributed by atoms with Gasteiger partial charge < -0.3 is 160 Å². The van der Waals surface area contributed by atoms with Gasteiger partial charge in [-0.25, -0.2) is 4.79 Å². The highest BCUT2D eigenvalue weighted by atomic mass is 16.8. The number of aliphatic hydroxyl groups is 18. The molecule has 0 aliphatic carbocycles. The molecular formula is C43H72N2O33. The van der Waals surface area contributed by atoms with E-state index in [4.69, 9.17) is 47.4 Å². The van der Waals surface area contributed by atoms with E-state index in [-0.39, 0.29) is 6.29 Å². The average Bonchev–Trinajstić information content (AvgIpc) is 3.41. The second-order valence-electron chi connectivity index (χ2n) is 19.3. The van der Waals surface area contributed by atoms with E-state index in [9.17, 15) is 116 Å².